The fourth-order valence-corrected chi connectivity index (χ4v) is 4.96. The minimum atomic E-state index is -0.545. The Balaban J connectivity index is 1.41. The van der Waals surface area contributed by atoms with Gasteiger partial charge in [0.15, 0.2) is 4.96 Å². The number of amides is 1. The number of carbonyl (C=O) groups is 1. The van der Waals surface area contributed by atoms with Gasteiger partial charge < -0.3 is 18.8 Å². The number of nitrogens with zero attached hydrogens (tertiary/aromatic N) is 3. The Morgan fingerprint density at radius 1 is 1.14 bits per heavy atom. The van der Waals surface area contributed by atoms with Crippen LogP contribution in [0.2, 0.25) is 0 Å². The van der Waals surface area contributed by atoms with Crippen LogP contribution in [0.1, 0.15) is 21.8 Å². The number of hydrogen-bond acceptors (Lipinski definition) is 6. The van der Waals surface area contributed by atoms with Gasteiger partial charge in [0.05, 0.1) is 38.3 Å². The van der Waals surface area contributed by atoms with Gasteiger partial charge in [-0.3, -0.25) is 9.20 Å². The number of ether oxygens (including phenoxy) is 2. The molecule has 2 aromatic carbocycles. The molecule has 7 nitrogen and oxygen atoms in total. The van der Waals surface area contributed by atoms with Crippen molar-refractivity contribution in [3.8, 4) is 22.8 Å². The minimum Gasteiger partial charge on any atom is -0.497 e. The number of thiazole rings is 1. The number of imidazole rings is 1. The van der Waals surface area contributed by atoms with Crippen molar-refractivity contribution in [3.63, 3.8) is 0 Å². The Hall–Kier alpha value is -4.11. The average Bonchev–Trinajstić information content (AvgIpc) is 3.64. The first-order valence-corrected chi connectivity index (χ1v) is 12.2. The molecule has 0 radical (unpaired) electrons. The topological polar surface area (TPSA) is 69.2 Å². The predicted molar refractivity (Wildman–Crippen MR) is 135 cm³/mol. The standard InChI is InChI=1S/C27H24FN3O4S/c1-33-19-9-10-25(34-2)22(14-19)24-16-31-18(17-36-27(31)29-24)11-12-30(15-20-6-5-13-35-20)26(32)21-7-3-4-8-23(21)28/h3-10,13-14,16-17H,11-12,15H2,1-2H3. The lowest BCUT2D eigenvalue weighted by molar-refractivity contribution is 0.0728. The lowest BCUT2D eigenvalue weighted by atomic mass is 10.1. The molecule has 3 aromatic heterocycles. The van der Waals surface area contributed by atoms with Crippen molar-refractivity contribution >= 4 is 22.2 Å². The van der Waals surface area contributed by atoms with Crippen LogP contribution in [0, 0.1) is 5.82 Å². The Morgan fingerprint density at radius 3 is 2.75 bits per heavy atom. The zero-order chi connectivity index (χ0) is 25.1. The van der Waals surface area contributed by atoms with E-state index in [1.54, 1.807) is 49.6 Å². The highest BCUT2D eigenvalue weighted by Gasteiger charge is 2.21. The fraction of sp³-hybridized carbons (Fsp3) is 0.185. The van der Waals surface area contributed by atoms with E-state index in [-0.39, 0.29) is 18.0 Å². The number of fused-ring (bicyclic) bond motifs is 1. The molecule has 9 heteroatoms. The molecule has 0 spiro atoms. The molecule has 0 aliphatic heterocycles. The van der Waals surface area contributed by atoms with Crippen LogP contribution in [0.15, 0.2) is 76.9 Å². The van der Waals surface area contributed by atoms with E-state index in [4.69, 9.17) is 18.9 Å². The molecule has 0 saturated carbocycles. The van der Waals surface area contributed by atoms with Crippen LogP contribution in [-0.4, -0.2) is 41.0 Å². The maximum absolute atomic E-state index is 14.4. The molecule has 0 unspecified atom stereocenters. The van der Waals surface area contributed by atoms with E-state index in [1.807, 2.05) is 34.2 Å². The van der Waals surface area contributed by atoms with E-state index in [1.165, 1.54) is 23.5 Å². The maximum atomic E-state index is 14.4. The van der Waals surface area contributed by atoms with Gasteiger partial charge in [-0.05, 0) is 42.5 Å². The van der Waals surface area contributed by atoms with Crippen LogP contribution in [0.5, 0.6) is 11.5 Å². The Labute approximate surface area is 211 Å². The van der Waals surface area contributed by atoms with Gasteiger partial charge in [-0.1, -0.05) is 12.1 Å². The third-order valence-electron chi connectivity index (χ3n) is 5.92. The highest BCUT2D eigenvalue weighted by atomic mass is 32.1. The average molecular weight is 506 g/mol. The molecule has 1 amide bonds. The maximum Gasteiger partial charge on any atom is 0.257 e. The second-order valence-electron chi connectivity index (χ2n) is 8.11. The second kappa shape index (κ2) is 10.2. The van der Waals surface area contributed by atoms with E-state index < -0.39 is 5.82 Å². The zero-order valence-electron chi connectivity index (χ0n) is 19.8. The highest BCUT2D eigenvalue weighted by Crippen LogP contribution is 2.34. The highest BCUT2D eigenvalue weighted by molar-refractivity contribution is 7.15. The van der Waals surface area contributed by atoms with Gasteiger partial charge in [0.25, 0.3) is 5.91 Å². The van der Waals surface area contributed by atoms with Crippen molar-refractivity contribution in [2.75, 3.05) is 20.8 Å². The van der Waals surface area contributed by atoms with Gasteiger partial charge in [0.2, 0.25) is 0 Å². The second-order valence-corrected chi connectivity index (χ2v) is 8.94. The molecular formula is C27H24FN3O4S. The van der Waals surface area contributed by atoms with Crippen molar-refractivity contribution in [1.82, 2.24) is 14.3 Å². The number of aromatic nitrogens is 2. The van der Waals surface area contributed by atoms with Gasteiger partial charge in [-0.25, -0.2) is 9.37 Å². The van der Waals surface area contributed by atoms with Crippen molar-refractivity contribution < 1.29 is 23.1 Å². The van der Waals surface area contributed by atoms with Gasteiger partial charge in [0.1, 0.15) is 23.1 Å². The first-order chi connectivity index (χ1) is 17.6. The van der Waals surface area contributed by atoms with E-state index >= 15 is 0 Å². The molecule has 36 heavy (non-hydrogen) atoms. The first kappa shape index (κ1) is 23.6. The van der Waals surface area contributed by atoms with E-state index in [2.05, 4.69) is 0 Å². The number of methoxy groups -OCH3 is 2. The van der Waals surface area contributed by atoms with Crippen molar-refractivity contribution in [1.29, 1.82) is 0 Å². The van der Waals surface area contributed by atoms with Crippen LogP contribution < -0.4 is 9.47 Å². The van der Waals surface area contributed by atoms with Crippen LogP contribution >= 0.6 is 11.3 Å². The molecule has 5 aromatic rings. The summed E-state index contributed by atoms with van der Waals surface area (Å²) < 4.78 is 32.7. The third kappa shape index (κ3) is 4.70. The molecule has 0 bridgehead atoms. The van der Waals surface area contributed by atoms with Crippen LogP contribution in [0.25, 0.3) is 16.2 Å². The Morgan fingerprint density at radius 2 is 2.00 bits per heavy atom. The minimum absolute atomic E-state index is 0.0366. The largest absolute Gasteiger partial charge is 0.497 e. The summed E-state index contributed by atoms with van der Waals surface area (Å²) in [4.78, 5) is 20.4. The smallest absolute Gasteiger partial charge is 0.257 e. The quantitative estimate of drug-likeness (QED) is 0.257. The molecule has 0 atom stereocenters. The van der Waals surface area contributed by atoms with Gasteiger partial charge >= 0.3 is 0 Å². The van der Waals surface area contributed by atoms with Crippen molar-refractivity contribution in [3.05, 3.63) is 95.3 Å². The van der Waals surface area contributed by atoms with E-state index in [9.17, 15) is 9.18 Å². The normalized spacial score (nSPS) is 11.1. The molecule has 0 fully saturated rings. The summed E-state index contributed by atoms with van der Waals surface area (Å²) in [5.41, 5.74) is 2.61. The molecule has 0 aliphatic carbocycles. The van der Waals surface area contributed by atoms with Gasteiger partial charge in [-0.2, -0.15) is 0 Å². The molecule has 0 N–H and O–H groups in total. The zero-order valence-corrected chi connectivity index (χ0v) is 20.6. The van der Waals surface area contributed by atoms with Crippen LogP contribution in [0.3, 0.4) is 0 Å². The Bertz CT molecular complexity index is 1490. The van der Waals surface area contributed by atoms with Crippen LogP contribution in [-0.2, 0) is 13.0 Å². The number of benzene rings is 2. The number of hydrogen-bond donors (Lipinski definition) is 0. The summed E-state index contributed by atoms with van der Waals surface area (Å²) >= 11 is 1.51. The summed E-state index contributed by atoms with van der Waals surface area (Å²) in [6.45, 7) is 0.610. The van der Waals surface area contributed by atoms with Crippen molar-refractivity contribution in [2.45, 2.75) is 13.0 Å². The molecule has 0 aliphatic rings. The van der Waals surface area contributed by atoms with E-state index in [0.29, 0.717) is 30.2 Å². The van der Waals surface area contributed by atoms with Gasteiger partial charge in [-0.15, -0.1) is 11.3 Å². The van der Waals surface area contributed by atoms with Gasteiger partial charge in [0, 0.05) is 35.8 Å². The first-order valence-electron chi connectivity index (χ1n) is 11.3. The monoisotopic (exact) mass is 505 g/mol. The number of furan rings is 1. The SMILES string of the molecule is COc1ccc(OC)c(-c2cn3c(CCN(Cc4ccco4)C(=O)c4ccccc4F)csc3n2)c1. The fourth-order valence-electron chi connectivity index (χ4n) is 4.05. The summed E-state index contributed by atoms with van der Waals surface area (Å²) in [7, 11) is 3.24. The summed E-state index contributed by atoms with van der Waals surface area (Å²) in [5.74, 6) is 1.11. The lowest BCUT2D eigenvalue weighted by Crippen LogP contribution is -2.33. The van der Waals surface area contributed by atoms with E-state index in [0.717, 1.165) is 21.9 Å². The van der Waals surface area contributed by atoms with Crippen molar-refractivity contribution in [2.24, 2.45) is 0 Å². The number of carbonyl (C=O) groups excluding carboxylic acids is 1. The third-order valence-corrected chi connectivity index (χ3v) is 6.81. The van der Waals surface area contributed by atoms with Crippen LogP contribution in [0.4, 0.5) is 4.39 Å². The summed E-state index contributed by atoms with van der Waals surface area (Å²) in [5, 5.41) is 2.02. The summed E-state index contributed by atoms with van der Waals surface area (Å²) in [6.07, 6.45) is 4.06. The molecule has 184 valence electrons. The molecule has 0 saturated heterocycles. The number of halogens is 1. The number of rotatable bonds is 9. The molecular weight excluding hydrogens is 481 g/mol. The summed E-state index contributed by atoms with van der Waals surface area (Å²) in [6, 6.07) is 15.2. The molecule has 5 rings (SSSR count). The predicted octanol–water partition coefficient (Wildman–Crippen LogP) is 5.70. The Kier molecular flexibility index (Phi) is 6.73. The molecule has 3 heterocycles. The lowest BCUT2D eigenvalue weighted by Gasteiger charge is -2.22.